The molecule has 2 aliphatic rings. The van der Waals surface area contributed by atoms with Crippen molar-refractivity contribution in [2.24, 2.45) is 0 Å². The summed E-state index contributed by atoms with van der Waals surface area (Å²) in [5.74, 6) is -0.722. The Balaban J connectivity index is 1.59. The topological polar surface area (TPSA) is 85.0 Å². The maximum absolute atomic E-state index is 12.9. The van der Waals surface area contributed by atoms with Crippen LogP contribution in [0, 0.1) is 6.92 Å². The molecule has 2 aliphatic heterocycles. The number of piperazine rings is 2. The molecule has 9 heteroatoms. The Morgan fingerprint density at radius 1 is 1.17 bits per heavy atom. The highest BCUT2D eigenvalue weighted by atomic mass is 35.5. The van der Waals surface area contributed by atoms with E-state index in [1.54, 1.807) is 17.0 Å². The van der Waals surface area contributed by atoms with Crippen LogP contribution < -0.4 is 10.6 Å². The molecule has 164 valence electrons. The van der Waals surface area contributed by atoms with E-state index in [-0.39, 0.29) is 30.7 Å². The summed E-state index contributed by atoms with van der Waals surface area (Å²) in [5.41, 5.74) is 1.48. The van der Waals surface area contributed by atoms with Gasteiger partial charge in [-0.1, -0.05) is 24.6 Å². The van der Waals surface area contributed by atoms with Crippen molar-refractivity contribution in [1.29, 1.82) is 0 Å². The van der Waals surface area contributed by atoms with Gasteiger partial charge in [0.1, 0.15) is 6.04 Å². The van der Waals surface area contributed by atoms with Crippen LogP contribution in [0.5, 0.6) is 0 Å². The lowest BCUT2D eigenvalue weighted by atomic mass is 10.1. The lowest BCUT2D eigenvalue weighted by Crippen LogP contribution is -2.60. The van der Waals surface area contributed by atoms with Crippen molar-refractivity contribution in [3.05, 3.63) is 28.8 Å². The first-order chi connectivity index (χ1) is 14.4. The molecular weight excluding hydrogens is 406 g/mol. The van der Waals surface area contributed by atoms with E-state index in [2.05, 4.69) is 27.4 Å². The molecule has 0 radical (unpaired) electrons. The van der Waals surface area contributed by atoms with Crippen molar-refractivity contribution >= 4 is 35.0 Å². The fraction of sp³-hybridized carbons (Fsp3) is 0.571. The second-order valence-corrected chi connectivity index (χ2v) is 8.23. The smallest absolute Gasteiger partial charge is 0.243 e. The fourth-order valence-electron chi connectivity index (χ4n) is 3.82. The van der Waals surface area contributed by atoms with E-state index < -0.39 is 6.04 Å². The normalized spacial score (nSPS) is 20.7. The van der Waals surface area contributed by atoms with E-state index in [0.717, 1.165) is 38.3 Å². The van der Waals surface area contributed by atoms with Gasteiger partial charge < -0.3 is 20.4 Å². The molecule has 1 aromatic carbocycles. The van der Waals surface area contributed by atoms with Crippen LogP contribution in [0.3, 0.4) is 0 Å². The number of anilines is 1. The maximum atomic E-state index is 12.9. The summed E-state index contributed by atoms with van der Waals surface area (Å²) in [7, 11) is 0. The number of hydrogen-bond acceptors (Lipinski definition) is 5. The number of amides is 3. The van der Waals surface area contributed by atoms with Crippen LogP contribution in [-0.2, 0) is 14.4 Å². The zero-order valence-electron chi connectivity index (χ0n) is 17.6. The SMILES string of the molecule is CCN1CCN(CC(=O)N2CCNC(=O)C2CC(=O)Nc2ccc(C)c(Cl)c2)CC1. The highest BCUT2D eigenvalue weighted by molar-refractivity contribution is 6.31. The standard InChI is InChI=1S/C21H30ClN5O3/c1-3-25-8-10-26(11-9-25)14-20(29)27-7-6-23-21(30)18(27)13-19(28)24-16-5-4-15(2)17(22)12-16/h4-5,12,18H,3,6-11,13-14H2,1-2H3,(H,23,30)(H,24,28). The van der Waals surface area contributed by atoms with Crippen LogP contribution in [0.2, 0.25) is 5.02 Å². The van der Waals surface area contributed by atoms with Crippen LogP contribution >= 0.6 is 11.6 Å². The van der Waals surface area contributed by atoms with Crippen LogP contribution in [0.1, 0.15) is 18.9 Å². The average molecular weight is 436 g/mol. The number of nitrogens with one attached hydrogen (secondary N) is 2. The van der Waals surface area contributed by atoms with Crippen molar-refractivity contribution in [1.82, 2.24) is 20.0 Å². The van der Waals surface area contributed by atoms with Crippen LogP contribution in [0.4, 0.5) is 5.69 Å². The van der Waals surface area contributed by atoms with Gasteiger partial charge >= 0.3 is 0 Å². The maximum Gasteiger partial charge on any atom is 0.243 e. The van der Waals surface area contributed by atoms with E-state index in [4.69, 9.17) is 11.6 Å². The molecule has 1 aromatic rings. The molecule has 2 saturated heterocycles. The van der Waals surface area contributed by atoms with Crippen LogP contribution in [-0.4, -0.2) is 90.8 Å². The molecule has 0 bridgehead atoms. The predicted octanol–water partition coefficient (Wildman–Crippen LogP) is 0.942. The van der Waals surface area contributed by atoms with Gasteiger partial charge in [-0.05, 0) is 31.2 Å². The fourth-order valence-corrected chi connectivity index (χ4v) is 4.00. The molecule has 3 amide bonds. The summed E-state index contributed by atoms with van der Waals surface area (Å²) in [6, 6.07) is 4.46. The van der Waals surface area contributed by atoms with Gasteiger partial charge in [-0.15, -0.1) is 0 Å². The summed E-state index contributed by atoms with van der Waals surface area (Å²) in [6.07, 6.45) is -0.0906. The number of carbonyl (C=O) groups is 3. The minimum atomic E-state index is -0.802. The Hall–Kier alpha value is -2.16. The number of carbonyl (C=O) groups excluding carboxylic acids is 3. The van der Waals surface area contributed by atoms with Gasteiger partial charge in [0.25, 0.3) is 0 Å². The minimum absolute atomic E-state index is 0.0906. The number of hydrogen-bond donors (Lipinski definition) is 2. The monoisotopic (exact) mass is 435 g/mol. The summed E-state index contributed by atoms with van der Waals surface area (Å²) < 4.78 is 0. The highest BCUT2D eigenvalue weighted by Crippen LogP contribution is 2.20. The van der Waals surface area contributed by atoms with Crippen LogP contribution in [0.15, 0.2) is 18.2 Å². The molecule has 0 aromatic heterocycles. The molecule has 8 nitrogen and oxygen atoms in total. The Labute approximate surface area is 182 Å². The Morgan fingerprint density at radius 2 is 1.87 bits per heavy atom. The Bertz CT molecular complexity index is 795. The summed E-state index contributed by atoms with van der Waals surface area (Å²) in [5, 5.41) is 6.10. The van der Waals surface area contributed by atoms with Gasteiger partial charge in [-0.2, -0.15) is 0 Å². The van der Waals surface area contributed by atoms with Crippen LogP contribution in [0.25, 0.3) is 0 Å². The van der Waals surface area contributed by atoms with E-state index in [1.807, 2.05) is 13.0 Å². The Kier molecular flexibility index (Phi) is 7.69. The van der Waals surface area contributed by atoms with Crippen molar-refractivity contribution in [3.8, 4) is 0 Å². The van der Waals surface area contributed by atoms with Gasteiger partial charge in [-0.25, -0.2) is 0 Å². The molecule has 1 unspecified atom stereocenters. The van der Waals surface area contributed by atoms with E-state index >= 15 is 0 Å². The van der Waals surface area contributed by atoms with Crippen molar-refractivity contribution in [2.75, 3.05) is 57.7 Å². The molecule has 30 heavy (non-hydrogen) atoms. The number of rotatable bonds is 6. The number of halogens is 1. The van der Waals surface area contributed by atoms with Gasteiger partial charge in [0.05, 0.1) is 13.0 Å². The molecule has 0 saturated carbocycles. The molecule has 3 rings (SSSR count). The first-order valence-corrected chi connectivity index (χ1v) is 10.8. The zero-order chi connectivity index (χ0) is 21.7. The minimum Gasteiger partial charge on any atom is -0.353 e. The van der Waals surface area contributed by atoms with Gasteiger partial charge in [0, 0.05) is 50.0 Å². The lowest BCUT2D eigenvalue weighted by molar-refractivity contribution is -0.145. The number of likely N-dealkylation sites (N-methyl/N-ethyl adjacent to an activating group) is 1. The molecule has 2 heterocycles. The largest absolute Gasteiger partial charge is 0.353 e. The summed E-state index contributed by atoms with van der Waals surface area (Å²) in [4.78, 5) is 44.0. The second-order valence-electron chi connectivity index (χ2n) is 7.82. The molecule has 1 atom stereocenters. The van der Waals surface area contributed by atoms with Gasteiger partial charge in [-0.3, -0.25) is 19.3 Å². The van der Waals surface area contributed by atoms with E-state index in [1.165, 1.54) is 0 Å². The molecule has 2 fully saturated rings. The number of aryl methyl sites for hydroxylation is 1. The third-order valence-corrected chi connectivity index (χ3v) is 6.16. The molecular formula is C21H30ClN5O3. The second kappa shape index (κ2) is 10.2. The molecule has 2 N–H and O–H groups in total. The number of benzene rings is 1. The third-order valence-electron chi connectivity index (χ3n) is 5.76. The van der Waals surface area contributed by atoms with Crippen molar-refractivity contribution in [3.63, 3.8) is 0 Å². The zero-order valence-corrected chi connectivity index (χ0v) is 18.4. The van der Waals surface area contributed by atoms with E-state index in [9.17, 15) is 14.4 Å². The first-order valence-electron chi connectivity index (χ1n) is 10.4. The molecule has 0 spiro atoms. The van der Waals surface area contributed by atoms with Gasteiger partial charge in [0.15, 0.2) is 0 Å². The van der Waals surface area contributed by atoms with Gasteiger partial charge in [0.2, 0.25) is 17.7 Å². The van der Waals surface area contributed by atoms with Crippen molar-refractivity contribution in [2.45, 2.75) is 26.3 Å². The summed E-state index contributed by atoms with van der Waals surface area (Å²) >= 11 is 6.11. The summed E-state index contributed by atoms with van der Waals surface area (Å²) in [6.45, 7) is 9.66. The average Bonchev–Trinajstić information content (AvgIpc) is 2.72. The number of nitrogens with zero attached hydrogens (tertiary/aromatic N) is 3. The molecule has 0 aliphatic carbocycles. The lowest BCUT2D eigenvalue weighted by Gasteiger charge is -2.38. The van der Waals surface area contributed by atoms with Crippen molar-refractivity contribution < 1.29 is 14.4 Å². The quantitative estimate of drug-likeness (QED) is 0.694. The van der Waals surface area contributed by atoms with E-state index in [0.29, 0.717) is 23.8 Å². The first kappa shape index (κ1) is 22.5. The third kappa shape index (κ3) is 5.71. The Morgan fingerprint density at radius 3 is 2.53 bits per heavy atom. The predicted molar refractivity (Wildman–Crippen MR) is 117 cm³/mol. The highest BCUT2D eigenvalue weighted by Gasteiger charge is 2.35.